The number of anilines is 2. The summed E-state index contributed by atoms with van der Waals surface area (Å²) < 4.78 is 2.01. The van der Waals surface area contributed by atoms with Crippen molar-refractivity contribution in [3.63, 3.8) is 0 Å². The number of likely N-dealkylation sites (tertiary alicyclic amines) is 1. The molecule has 0 aliphatic carbocycles. The third-order valence-corrected chi connectivity index (χ3v) is 7.27. The van der Waals surface area contributed by atoms with Crippen molar-refractivity contribution in [1.29, 1.82) is 0 Å². The zero-order valence-electron chi connectivity index (χ0n) is 21.5. The van der Waals surface area contributed by atoms with Crippen LogP contribution in [0, 0.1) is 5.92 Å². The molecule has 188 valence electrons. The molecule has 1 aromatic carbocycles. The molecule has 0 radical (unpaired) electrons. The summed E-state index contributed by atoms with van der Waals surface area (Å²) >= 11 is 0. The van der Waals surface area contributed by atoms with Crippen molar-refractivity contribution in [2.75, 3.05) is 18.4 Å². The Morgan fingerprint density at radius 2 is 1.97 bits per heavy atom. The van der Waals surface area contributed by atoms with Gasteiger partial charge in [0.05, 0.1) is 11.9 Å². The minimum atomic E-state index is 0.179. The first-order valence-electron chi connectivity index (χ1n) is 13.1. The normalized spacial score (nSPS) is 15.6. The van der Waals surface area contributed by atoms with Crippen LogP contribution in [0.5, 0.6) is 0 Å². The lowest BCUT2D eigenvalue weighted by atomic mass is 9.89. The van der Waals surface area contributed by atoms with Crippen LogP contribution in [0.15, 0.2) is 48.9 Å². The van der Waals surface area contributed by atoms with Crippen molar-refractivity contribution in [2.24, 2.45) is 5.92 Å². The molecule has 0 saturated carbocycles. The Labute approximate surface area is 213 Å². The van der Waals surface area contributed by atoms with Crippen molar-refractivity contribution in [3.8, 4) is 11.3 Å². The molecule has 0 spiro atoms. The largest absolute Gasteiger partial charge is 0.387 e. The standard InChI is InChI=1S/C29H36N6O/c1-20(2)9-15-35-19-25(17-31-35)28-16-24-8-12-30-18-27(24)29(33-28)32-26-6-4-22(5-7-26)23-10-13-34(14-11-23)21(3)36/h4-8,12,16-17,19-20,23,30H,9-11,13-15,18H2,1-3H3,(H,32,33). The highest BCUT2D eigenvalue weighted by Gasteiger charge is 2.22. The fourth-order valence-electron chi connectivity index (χ4n) is 5.00. The summed E-state index contributed by atoms with van der Waals surface area (Å²) in [6.07, 6.45) is 11.3. The van der Waals surface area contributed by atoms with Gasteiger partial charge in [0.1, 0.15) is 5.82 Å². The van der Waals surface area contributed by atoms with E-state index in [9.17, 15) is 4.79 Å². The summed E-state index contributed by atoms with van der Waals surface area (Å²) in [5, 5.41) is 11.5. The summed E-state index contributed by atoms with van der Waals surface area (Å²) in [4.78, 5) is 18.6. The van der Waals surface area contributed by atoms with E-state index in [1.54, 1.807) is 6.92 Å². The van der Waals surface area contributed by atoms with Gasteiger partial charge >= 0.3 is 0 Å². The number of rotatable bonds is 7. The van der Waals surface area contributed by atoms with Crippen LogP contribution in [0.1, 0.15) is 62.6 Å². The fourth-order valence-corrected chi connectivity index (χ4v) is 5.00. The highest BCUT2D eigenvalue weighted by molar-refractivity contribution is 5.74. The highest BCUT2D eigenvalue weighted by Crippen LogP contribution is 2.32. The molecule has 0 unspecified atom stereocenters. The van der Waals surface area contributed by atoms with Gasteiger partial charge in [-0.25, -0.2) is 4.98 Å². The average molecular weight is 485 g/mol. The number of hydrogen-bond acceptors (Lipinski definition) is 5. The van der Waals surface area contributed by atoms with Crippen LogP contribution in [-0.4, -0.2) is 38.7 Å². The summed E-state index contributed by atoms with van der Waals surface area (Å²) in [6, 6.07) is 10.9. The molecular weight excluding hydrogens is 448 g/mol. The molecule has 1 fully saturated rings. The predicted molar refractivity (Wildman–Crippen MR) is 145 cm³/mol. The maximum absolute atomic E-state index is 11.6. The number of nitrogens with one attached hydrogen (secondary N) is 2. The van der Waals surface area contributed by atoms with Crippen molar-refractivity contribution >= 4 is 23.5 Å². The zero-order chi connectivity index (χ0) is 25.1. The molecule has 2 aliphatic rings. The molecule has 0 bridgehead atoms. The lowest BCUT2D eigenvalue weighted by Gasteiger charge is -2.31. The molecule has 7 heteroatoms. The number of aryl methyl sites for hydroxylation is 1. The van der Waals surface area contributed by atoms with Crippen LogP contribution in [-0.2, 0) is 17.9 Å². The third kappa shape index (κ3) is 5.45. The maximum Gasteiger partial charge on any atom is 0.219 e. The Morgan fingerprint density at radius 3 is 2.69 bits per heavy atom. The van der Waals surface area contributed by atoms with Gasteiger partial charge in [0.25, 0.3) is 0 Å². The Balaban J connectivity index is 1.34. The van der Waals surface area contributed by atoms with Gasteiger partial charge in [-0.1, -0.05) is 26.0 Å². The van der Waals surface area contributed by atoms with Gasteiger partial charge in [0.15, 0.2) is 0 Å². The Bertz CT molecular complexity index is 1240. The fraction of sp³-hybridized carbons (Fsp3) is 0.414. The van der Waals surface area contributed by atoms with E-state index in [1.165, 1.54) is 11.1 Å². The first kappa shape index (κ1) is 24.1. The lowest BCUT2D eigenvalue weighted by Crippen LogP contribution is -2.36. The third-order valence-electron chi connectivity index (χ3n) is 7.27. The molecule has 4 heterocycles. The molecule has 0 atom stereocenters. The predicted octanol–water partition coefficient (Wildman–Crippen LogP) is 5.53. The number of fused-ring (bicyclic) bond motifs is 1. The van der Waals surface area contributed by atoms with Gasteiger partial charge in [-0.2, -0.15) is 5.10 Å². The molecular formula is C29H36N6O. The molecule has 1 amide bonds. The number of aromatic nitrogens is 3. The number of carbonyl (C=O) groups excluding carboxylic acids is 1. The number of piperidine rings is 1. The number of hydrogen-bond donors (Lipinski definition) is 2. The van der Waals surface area contributed by atoms with E-state index in [1.807, 2.05) is 22.0 Å². The van der Waals surface area contributed by atoms with Crippen molar-refractivity contribution in [3.05, 3.63) is 65.6 Å². The minimum Gasteiger partial charge on any atom is -0.387 e. The van der Waals surface area contributed by atoms with E-state index in [2.05, 4.69) is 72.2 Å². The van der Waals surface area contributed by atoms with E-state index in [0.29, 0.717) is 11.8 Å². The first-order chi connectivity index (χ1) is 17.5. The quantitative estimate of drug-likeness (QED) is 0.461. The number of carbonyl (C=O) groups is 1. The second kappa shape index (κ2) is 10.6. The van der Waals surface area contributed by atoms with Gasteiger partial charge in [0.2, 0.25) is 5.91 Å². The van der Waals surface area contributed by atoms with E-state index in [4.69, 9.17) is 4.98 Å². The SMILES string of the molecule is CC(=O)N1CCC(c2ccc(Nc3nc(-c4cnn(CCC(C)C)c4)cc4c3CNC=C4)cc2)CC1. The van der Waals surface area contributed by atoms with E-state index in [-0.39, 0.29) is 5.91 Å². The summed E-state index contributed by atoms with van der Waals surface area (Å²) in [5.41, 5.74) is 6.65. The second-order valence-electron chi connectivity index (χ2n) is 10.3. The molecule has 2 N–H and O–H groups in total. The maximum atomic E-state index is 11.6. The Kier molecular flexibility index (Phi) is 7.07. The molecule has 5 rings (SSSR count). The first-order valence-corrected chi connectivity index (χ1v) is 13.1. The Morgan fingerprint density at radius 1 is 1.19 bits per heavy atom. The van der Waals surface area contributed by atoms with Gasteiger partial charge < -0.3 is 15.5 Å². The monoisotopic (exact) mass is 484 g/mol. The van der Waals surface area contributed by atoms with Crippen molar-refractivity contribution in [2.45, 2.75) is 59.0 Å². The molecule has 1 saturated heterocycles. The number of pyridine rings is 1. The average Bonchev–Trinajstić information content (AvgIpc) is 3.37. The lowest BCUT2D eigenvalue weighted by molar-refractivity contribution is -0.129. The van der Waals surface area contributed by atoms with Gasteiger partial charge in [-0.05, 0) is 72.7 Å². The van der Waals surface area contributed by atoms with Crippen LogP contribution in [0.25, 0.3) is 17.3 Å². The van der Waals surface area contributed by atoms with Crippen molar-refractivity contribution < 1.29 is 4.79 Å². The van der Waals surface area contributed by atoms with Crippen molar-refractivity contribution in [1.82, 2.24) is 25.0 Å². The van der Waals surface area contributed by atoms with Crippen LogP contribution in [0.2, 0.25) is 0 Å². The number of nitrogens with zero attached hydrogens (tertiary/aromatic N) is 4. The molecule has 3 aromatic rings. The highest BCUT2D eigenvalue weighted by atomic mass is 16.2. The number of benzene rings is 1. The van der Waals surface area contributed by atoms with Gasteiger partial charge in [0, 0.05) is 56.1 Å². The summed E-state index contributed by atoms with van der Waals surface area (Å²) in [7, 11) is 0. The molecule has 2 aliphatic heterocycles. The minimum absolute atomic E-state index is 0.179. The summed E-state index contributed by atoms with van der Waals surface area (Å²) in [5.74, 6) is 2.20. The van der Waals surface area contributed by atoms with Crippen LogP contribution in [0.3, 0.4) is 0 Å². The van der Waals surface area contributed by atoms with Gasteiger partial charge in [-0.3, -0.25) is 9.48 Å². The molecule has 7 nitrogen and oxygen atoms in total. The van der Waals surface area contributed by atoms with E-state index in [0.717, 1.165) is 73.8 Å². The van der Waals surface area contributed by atoms with E-state index >= 15 is 0 Å². The molecule has 2 aromatic heterocycles. The zero-order valence-corrected chi connectivity index (χ0v) is 21.5. The molecule has 36 heavy (non-hydrogen) atoms. The van der Waals surface area contributed by atoms with Crippen LogP contribution in [0.4, 0.5) is 11.5 Å². The second-order valence-corrected chi connectivity index (χ2v) is 10.3. The number of amides is 1. The topological polar surface area (TPSA) is 75.1 Å². The van der Waals surface area contributed by atoms with Crippen LogP contribution < -0.4 is 10.6 Å². The Hall–Kier alpha value is -3.61. The summed E-state index contributed by atoms with van der Waals surface area (Å²) in [6.45, 7) is 9.47. The van der Waals surface area contributed by atoms with E-state index < -0.39 is 0 Å². The smallest absolute Gasteiger partial charge is 0.219 e. The van der Waals surface area contributed by atoms with Gasteiger partial charge in [-0.15, -0.1) is 0 Å². The van der Waals surface area contributed by atoms with Crippen LogP contribution >= 0.6 is 0 Å².